The van der Waals surface area contributed by atoms with Crippen LogP contribution in [0.25, 0.3) is 0 Å². The lowest BCUT2D eigenvalue weighted by molar-refractivity contribution is 0.479. The fourth-order valence-electron chi connectivity index (χ4n) is 2.48. The quantitative estimate of drug-likeness (QED) is 0.860. The van der Waals surface area contributed by atoms with E-state index < -0.39 is 10.8 Å². The molecule has 1 aromatic rings. The second-order valence-corrected chi connectivity index (χ2v) is 6.16. The van der Waals surface area contributed by atoms with Gasteiger partial charge >= 0.3 is 0 Å². The summed E-state index contributed by atoms with van der Waals surface area (Å²) >= 11 is 0. The molecule has 0 saturated carbocycles. The third-order valence-electron chi connectivity index (χ3n) is 3.06. The molecule has 0 fully saturated rings. The molecule has 0 amide bonds. The molecule has 2 rings (SSSR count). The molecule has 2 unspecified atom stereocenters. The van der Waals surface area contributed by atoms with E-state index in [1.54, 1.807) is 6.26 Å². The van der Waals surface area contributed by atoms with Crippen molar-refractivity contribution in [3.8, 4) is 0 Å². The number of fused-ring (bicyclic) bond motifs is 1. The molecule has 1 aliphatic carbocycles. The van der Waals surface area contributed by atoms with Crippen LogP contribution >= 0.6 is 0 Å². The van der Waals surface area contributed by atoms with Crippen molar-refractivity contribution in [1.82, 2.24) is 5.32 Å². The normalized spacial score (nSPS) is 19.4. The van der Waals surface area contributed by atoms with Crippen molar-refractivity contribution in [1.29, 1.82) is 0 Å². The van der Waals surface area contributed by atoms with Crippen LogP contribution < -0.4 is 5.32 Å². The van der Waals surface area contributed by atoms with Crippen molar-refractivity contribution in [2.75, 3.05) is 12.0 Å². The van der Waals surface area contributed by atoms with Gasteiger partial charge in [0.05, 0.1) is 0 Å². The highest BCUT2D eigenvalue weighted by Gasteiger charge is 2.21. The zero-order valence-corrected chi connectivity index (χ0v) is 10.7. The van der Waals surface area contributed by atoms with Crippen LogP contribution in [0.3, 0.4) is 0 Å². The van der Waals surface area contributed by atoms with Gasteiger partial charge in [-0.2, -0.15) is 0 Å². The lowest BCUT2D eigenvalue weighted by Gasteiger charge is -2.18. The van der Waals surface area contributed by atoms with Gasteiger partial charge in [0.2, 0.25) is 0 Å². The van der Waals surface area contributed by atoms with Gasteiger partial charge in [-0.05, 0) is 30.9 Å². The zero-order chi connectivity index (χ0) is 11.5. The fraction of sp³-hybridized carbons (Fsp3) is 0.538. The summed E-state index contributed by atoms with van der Waals surface area (Å²) in [6, 6.07) is 9.48. The Hall–Kier alpha value is -0.670. The van der Waals surface area contributed by atoms with Crippen LogP contribution in [-0.2, 0) is 23.6 Å². The molecule has 0 heterocycles. The Morgan fingerprint density at radius 2 is 1.94 bits per heavy atom. The summed E-state index contributed by atoms with van der Waals surface area (Å²) in [7, 11) is -0.708. The Labute approximate surface area is 99.9 Å². The van der Waals surface area contributed by atoms with Gasteiger partial charge in [-0.1, -0.05) is 24.3 Å². The zero-order valence-electron chi connectivity index (χ0n) is 9.90. The van der Waals surface area contributed by atoms with E-state index in [1.807, 2.05) is 0 Å². The third kappa shape index (κ3) is 2.92. The molecule has 16 heavy (non-hydrogen) atoms. The molecule has 2 nitrogen and oxygen atoms in total. The minimum Gasteiger partial charge on any atom is -0.310 e. The predicted octanol–water partition coefficient (Wildman–Crippen LogP) is 1.51. The highest BCUT2D eigenvalue weighted by Crippen LogP contribution is 2.21. The Morgan fingerprint density at radius 1 is 1.38 bits per heavy atom. The van der Waals surface area contributed by atoms with Crippen LogP contribution in [0, 0.1) is 0 Å². The number of hydrogen-bond donors (Lipinski definition) is 1. The Balaban J connectivity index is 1.89. The standard InChI is InChI=1S/C13H19NOS/c1-10(9-16(2)15)14-13-7-11-5-3-4-6-12(11)8-13/h3-6,10,13-14H,7-9H2,1-2H3. The van der Waals surface area contributed by atoms with Crippen LogP contribution in [0.2, 0.25) is 0 Å². The molecule has 1 aromatic carbocycles. The molecule has 0 aromatic heterocycles. The summed E-state index contributed by atoms with van der Waals surface area (Å²) < 4.78 is 11.1. The van der Waals surface area contributed by atoms with E-state index in [4.69, 9.17) is 0 Å². The summed E-state index contributed by atoms with van der Waals surface area (Å²) in [5.74, 6) is 0.743. The second kappa shape index (κ2) is 5.11. The molecule has 0 radical (unpaired) electrons. The molecule has 88 valence electrons. The number of hydrogen-bond acceptors (Lipinski definition) is 2. The van der Waals surface area contributed by atoms with Crippen molar-refractivity contribution >= 4 is 10.8 Å². The molecule has 1 aliphatic rings. The summed E-state index contributed by atoms with van der Waals surface area (Å²) in [5, 5.41) is 3.56. The van der Waals surface area contributed by atoms with Crippen LogP contribution in [0.5, 0.6) is 0 Å². The maximum absolute atomic E-state index is 11.1. The molecule has 3 heteroatoms. The smallest absolute Gasteiger partial charge is 0.0383 e. The average molecular weight is 237 g/mol. The third-order valence-corrected chi connectivity index (χ3v) is 4.03. The Kier molecular flexibility index (Phi) is 3.77. The van der Waals surface area contributed by atoms with Crippen molar-refractivity contribution in [3.63, 3.8) is 0 Å². The summed E-state index contributed by atoms with van der Waals surface area (Å²) in [6.07, 6.45) is 3.98. The van der Waals surface area contributed by atoms with Crippen LogP contribution in [0.1, 0.15) is 18.1 Å². The summed E-state index contributed by atoms with van der Waals surface area (Å²) in [6.45, 7) is 2.12. The summed E-state index contributed by atoms with van der Waals surface area (Å²) in [5.41, 5.74) is 2.93. The predicted molar refractivity (Wildman–Crippen MR) is 69.2 cm³/mol. The van der Waals surface area contributed by atoms with Crippen molar-refractivity contribution < 1.29 is 4.21 Å². The monoisotopic (exact) mass is 237 g/mol. The number of nitrogens with one attached hydrogen (secondary N) is 1. The molecule has 0 saturated heterocycles. The second-order valence-electron chi connectivity index (χ2n) is 4.68. The first kappa shape index (κ1) is 11.8. The van der Waals surface area contributed by atoms with Gasteiger partial charge in [-0.15, -0.1) is 0 Å². The van der Waals surface area contributed by atoms with E-state index >= 15 is 0 Å². The van der Waals surface area contributed by atoms with E-state index in [0.717, 1.165) is 18.6 Å². The summed E-state index contributed by atoms with van der Waals surface area (Å²) in [4.78, 5) is 0. The maximum Gasteiger partial charge on any atom is 0.0383 e. The highest BCUT2D eigenvalue weighted by molar-refractivity contribution is 7.84. The fourth-order valence-corrected chi connectivity index (χ4v) is 3.28. The molecule has 0 spiro atoms. The van der Waals surface area contributed by atoms with E-state index in [0.29, 0.717) is 12.1 Å². The van der Waals surface area contributed by atoms with Crippen molar-refractivity contribution in [2.45, 2.75) is 31.8 Å². The molecule has 0 aliphatic heterocycles. The van der Waals surface area contributed by atoms with Crippen molar-refractivity contribution in [3.05, 3.63) is 35.4 Å². The number of benzene rings is 1. The van der Waals surface area contributed by atoms with Gasteiger partial charge < -0.3 is 5.32 Å². The van der Waals surface area contributed by atoms with Gasteiger partial charge in [0, 0.05) is 34.9 Å². The first-order valence-electron chi connectivity index (χ1n) is 5.78. The molecular formula is C13H19NOS. The molecule has 0 bridgehead atoms. The van der Waals surface area contributed by atoms with Crippen LogP contribution in [-0.4, -0.2) is 28.3 Å². The van der Waals surface area contributed by atoms with E-state index in [-0.39, 0.29) is 0 Å². The topological polar surface area (TPSA) is 29.1 Å². The van der Waals surface area contributed by atoms with Gasteiger partial charge in [-0.3, -0.25) is 4.21 Å². The minimum absolute atomic E-state index is 0.338. The van der Waals surface area contributed by atoms with Gasteiger partial charge in [0.25, 0.3) is 0 Å². The van der Waals surface area contributed by atoms with Gasteiger partial charge in [-0.25, -0.2) is 0 Å². The first-order valence-corrected chi connectivity index (χ1v) is 7.50. The highest BCUT2D eigenvalue weighted by atomic mass is 32.2. The van der Waals surface area contributed by atoms with Crippen molar-refractivity contribution in [2.24, 2.45) is 0 Å². The molecule has 2 atom stereocenters. The average Bonchev–Trinajstić information content (AvgIpc) is 2.57. The SMILES string of the molecule is CC(CS(C)=O)NC1Cc2ccccc2C1. The minimum atomic E-state index is -0.708. The van der Waals surface area contributed by atoms with Gasteiger partial charge in [0.15, 0.2) is 0 Å². The number of rotatable bonds is 4. The maximum atomic E-state index is 11.1. The first-order chi connectivity index (χ1) is 7.65. The molecule has 1 N–H and O–H groups in total. The van der Waals surface area contributed by atoms with E-state index in [9.17, 15) is 4.21 Å². The Morgan fingerprint density at radius 3 is 2.44 bits per heavy atom. The van der Waals surface area contributed by atoms with Gasteiger partial charge in [0.1, 0.15) is 0 Å². The Bertz CT molecular complexity index is 366. The van der Waals surface area contributed by atoms with E-state index in [1.165, 1.54) is 11.1 Å². The lowest BCUT2D eigenvalue weighted by atomic mass is 10.1. The van der Waals surface area contributed by atoms with Crippen LogP contribution in [0.4, 0.5) is 0 Å². The van der Waals surface area contributed by atoms with Crippen LogP contribution in [0.15, 0.2) is 24.3 Å². The van der Waals surface area contributed by atoms with E-state index in [2.05, 4.69) is 36.5 Å². The lowest BCUT2D eigenvalue weighted by Crippen LogP contribution is -2.39. The largest absolute Gasteiger partial charge is 0.310 e. The molecular weight excluding hydrogens is 218 g/mol.